The molecule has 6 nitrogen and oxygen atoms in total. The van der Waals surface area contributed by atoms with Crippen LogP contribution in [0.5, 0.6) is 0 Å². The quantitative estimate of drug-likeness (QED) is 0.863. The van der Waals surface area contributed by atoms with Gasteiger partial charge in [0.05, 0.1) is 5.56 Å². The number of rotatable bonds is 2. The van der Waals surface area contributed by atoms with E-state index in [4.69, 9.17) is 5.39 Å². The summed E-state index contributed by atoms with van der Waals surface area (Å²) in [6.45, 7) is 1.59. The predicted octanol–water partition coefficient (Wildman–Crippen LogP) is 3.48. The van der Waals surface area contributed by atoms with Crippen LogP contribution in [-0.4, -0.2) is 15.7 Å². The Morgan fingerprint density at radius 3 is 2.41 bits per heavy atom. The van der Waals surface area contributed by atoms with E-state index in [-0.39, 0.29) is 17.1 Å². The molecule has 1 aromatic heterocycles. The van der Waals surface area contributed by atoms with Gasteiger partial charge >= 0.3 is 11.9 Å². The highest BCUT2D eigenvalue weighted by atomic mass is 19.4. The first kappa shape index (κ1) is 15.5. The van der Waals surface area contributed by atoms with Gasteiger partial charge in [-0.25, -0.2) is 4.68 Å². The molecule has 0 aliphatic rings. The molecule has 0 aliphatic carbocycles. The van der Waals surface area contributed by atoms with E-state index in [1.54, 1.807) is 6.92 Å². The Labute approximate surface area is 123 Å². The number of carbonyl (C=O) groups excluding carboxylic acids is 1. The van der Waals surface area contributed by atoms with E-state index >= 15 is 0 Å². The number of nitrogens with one attached hydrogen (secondary N) is 1. The van der Waals surface area contributed by atoms with Gasteiger partial charge in [0.2, 0.25) is 11.2 Å². The Bertz CT molecular complexity index is 756. The lowest BCUT2D eigenvalue weighted by atomic mass is 10.1. The summed E-state index contributed by atoms with van der Waals surface area (Å²) < 4.78 is 38.7. The molecule has 1 heterocycles. The van der Waals surface area contributed by atoms with Gasteiger partial charge in [0.25, 0.3) is 5.91 Å². The fourth-order valence-corrected chi connectivity index (χ4v) is 1.90. The van der Waals surface area contributed by atoms with Gasteiger partial charge in [-0.3, -0.25) is 10.1 Å². The third kappa shape index (κ3) is 2.90. The van der Waals surface area contributed by atoms with Gasteiger partial charge in [0, 0.05) is 12.6 Å². The van der Waals surface area contributed by atoms with Crippen LogP contribution >= 0.6 is 0 Å². The van der Waals surface area contributed by atoms with Crippen molar-refractivity contribution in [2.45, 2.75) is 13.1 Å². The topological polar surface area (TPSA) is 75.1 Å². The summed E-state index contributed by atoms with van der Waals surface area (Å²) in [6, 6.07) is 3.77. The molecule has 9 heteroatoms. The van der Waals surface area contributed by atoms with E-state index in [9.17, 15) is 18.0 Å². The first-order valence-corrected chi connectivity index (χ1v) is 6.11. The zero-order valence-corrected chi connectivity index (χ0v) is 11.6. The molecule has 2 aromatic rings. The maximum atomic E-state index is 12.5. The Morgan fingerprint density at radius 1 is 1.32 bits per heavy atom. The lowest BCUT2D eigenvalue weighted by Crippen LogP contribution is -2.15. The number of hydrogen-bond acceptors (Lipinski definition) is 3. The van der Waals surface area contributed by atoms with Crippen LogP contribution in [0, 0.1) is 12.3 Å². The molecule has 0 bridgehead atoms. The zero-order valence-electron chi connectivity index (χ0n) is 11.6. The van der Waals surface area contributed by atoms with Crippen molar-refractivity contribution in [3.05, 3.63) is 46.1 Å². The number of benzene rings is 1. The predicted molar refractivity (Wildman–Crippen MR) is 72.1 cm³/mol. The summed E-state index contributed by atoms with van der Waals surface area (Å²) in [4.78, 5) is 15.1. The summed E-state index contributed by atoms with van der Waals surface area (Å²) in [7, 11) is 1.53. The summed E-state index contributed by atoms with van der Waals surface area (Å²) in [6.07, 6.45) is -4.46. The van der Waals surface area contributed by atoms with Gasteiger partial charge < -0.3 is 0 Å². The van der Waals surface area contributed by atoms with Gasteiger partial charge in [0.1, 0.15) is 0 Å². The molecule has 0 fully saturated rings. The first-order chi connectivity index (χ1) is 10.2. The zero-order chi connectivity index (χ0) is 16.5. The Kier molecular flexibility index (Phi) is 3.86. The minimum atomic E-state index is -4.46. The maximum Gasteiger partial charge on any atom is 0.449 e. The lowest BCUT2D eigenvalue weighted by molar-refractivity contribution is -0.137. The Morgan fingerprint density at radius 2 is 1.91 bits per heavy atom. The highest BCUT2D eigenvalue weighted by Crippen LogP contribution is 2.30. The van der Waals surface area contributed by atoms with Crippen molar-refractivity contribution < 1.29 is 18.0 Å². The molecule has 2 rings (SSSR count). The van der Waals surface area contributed by atoms with Crippen molar-refractivity contribution in [2.24, 2.45) is 7.05 Å². The average Bonchev–Trinajstić information content (AvgIpc) is 2.71. The van der Waals surface area contributed by atoms with E-state index in [1.807, 2.05) is 0 Å². The van der Waals surface area contributed by atoms with Crippen LogP contribution in [0.15, 0.2) is 24.3 Å². The van der Waals surface area contributed by atoms with Gasteiger partial charge in [-0.1, -0.05) is 0 Å². The number of aromatic nitrogens is 2. The largest absolute Gasteiger partial charge is 0.449 e. The van der Waals surface area contributed by atoms with Crippen LogP contribution in [0.3, 0.4) is 0 Å². The molecule has 0 saturated heterocycles. The molecular weight excluding hydrogens is 299 g/mol. The molecule has 22 heavy (non-hydrogen) atoms. The normalized spacial score (nSPS) is 11.1. The molecule has 0 spiro atoms. The molecule has 114 valence electrons. The number of alkyl halides is 3. The molecule has 0 saturated carbocycles. The summed E-state index contributed by atoms with van der Waals surface area (Å²) >= 11 is 0. The number of hydrogen-bond donors (Lipinski definition) is 1. The van der Waals surface area contributed by atoms with Crippen molar-refractivity contribution in [3.63, 3.8) is 0 Å². The lowest BCUT2D eigenvalue weighted by Gasteiger charge is -2.07. The molecule has 0 unspecified atom stereocenters. The fourth-order valence-electron chi connectivity index (χ4n) is 1.90. The molecule has 0 aliphatic heterocycles. The van der Waals surface area contributed by atoms with Gasteiger partial charge in [-0.2, -0.15) is 18.3 Å². The van der Waals surface area contributed by atoms with Crippen LogP contribution in [0.25, 0.3) is 4.98 Å². The van der Waals surface area contributed by atoms with Crippen molar-refractivity contribution in [1.29, 1.82) is 5.39 Å². The third-order valence-electron chi connectivity index (χ3n) is 3.00. The second-order valence-corrected chi connectivity index (χ2v) is 4.54. The molecule has 0 atom stereocenters. The van der Waals surface area contributed by atoms with Crippen LogP contribution in [0.4, 0.5) is 24.7 Å². The highest BCUT2D eigenvalue weighted by molar-refractivity contribution is 6.05. The van der Waals surface area contributed by atoms with E-state index in [0.29, 0.717) is 5.69 Å². The Balaban J connectivity index is 2.26. The molecule has 1 N–H and O–H groups in total. The number of aryl methyl sites for hydroxylation is 2. The molecular formula is C13H11F3N5O+. The van der Waals surface area contributed by atoms with Crippen molar-refractivity contribution in [1.82, 2.24) is 9.78 Å². The smallest absolute Gasteiger partial charge is 0.300 e. The summed E-state index contributed by atoms with van der Waals surface area (Å²) in [5.74, 6) is -0.494. The first-order valence-electron chi connectivity index (χ1n) is 6.11. The number of diazo groups is 1. The highest BCUT2D eigenvalue weighted by Gasteiger charge is 2.30. The number of amides is 1. The second kappa shape index (κ2) is 5.48. The van der Waals surface area contributed by atoms with E-state index in [1.165, 1.54) is 11.7 Å². The maximum absolute atomic E-state index is 12.5. The minimum Gasteiger partial charge on any atom is -0.300 e. The monoisotopic (exact) mass is 310 g/mol. The molecule has 1 aromatic carbocycles. The SMILES string of the molecule is Cc1nn(C)c(NC(=O)c2ccc(C(F)(F)F)cc2)c1[N+]#N. The molecule has 1 amide bonds. The van der Waals surface area contributed by atoms with E-state index < -0.39 is 17.6 Å². The van der Waals surface area contributed by atoms with Gasteiger partial charge in [0.15, 0.2) is 10.7 Å². The Hall–Kier alpha value is -2.89. The number of anilines is 1. The number of halogens is 3. The van der Waals surface area contributed by atoms with E-state index in [2.05, 4.69) is 15.4 Å². The van der Waals surface area contributed by atoms with Crippen molar-refractivity contribution in [2.75, 3.05) is 5.32 Å². The van der Waals surface area contributed by atoms with Crippen LogP contribution < -0.4 is 5.32 Å². The second-order valence-electron chi connectivity index (χ2n) is 4.54. The van der Waals surface area contributed by atoms with Crippen LogP contribution in [0.1, 0.15) is 21.6 Å². The third-order valence-corrected chi connectivity index (χ3v) is 3.00. The number of carbonyl (C=O) groups is 1. The fraction of sp³-hybridized carbons (Fsp3) is 0.231. The van der Waals surface area contributed by atoms with E-state index in [0.717, 1.165) is 24.3 Å². The summed E-state index contributed by atoms with van der Waals surface area (Å²) in [5.41, 5.74) is -0.322. The van der Waals surface area contributed by atoms with Crippen molar-refractivity contribution >= 4 is 17.4 Å². The van der Waals surface area contributed by atoms with Gasteiger partial charge in [-0.05, 0) is 31.2 Å². The van der Waals surface area contributed by atoms with Gasteiger partial charge in [-0.15, -0.1) is 0 Å². The minimum absolute atomic E-state index is 0.0377. The van der Waals surface area contributed by atoms with Crippen molar-refractivity contribution in [3.8, 4) is 0 Å². The summed E-state index contributed by atoms with van der Waals surface area (Å²) in [5, 5.41) is 15.3. The molecule has 0 radical (unpaired) electrons. The number of nitrogens with zero attached hydrogens (tertiary/aromatic N) is 4. The average molecular weight is 310 g/mol. The van der Waals surface area contributed by atoms with Crippen LogP contribution in [0.2, 0.25) is 0 Å². The van der Waals surface area contributed by atoms with Crippen LogP contribution in [-0.2, 0) is 13.2 Å². The standard InChI is InChI=1S/C13H10F3N5O/c1-7-10(19-17)11(21(2)20-7)18-12(22)8-3-5-9(6-4-8)13(14,15)16/h3-6H,1-2H3/p+1.